The van der Waals surface area contributed by atoms with Crippen LogP contribution in [0.4, 0.5) is 0 Å². The molecule has 1 aromatic rings. The fourth-order valence-electron chi connectivity index (χ4n) is 3.16. The summed E-state index contributed by atoms with van der Waals surface area (Å²) in [6.45, 7) is 3.65. The van der Waals surface area contributed by atoms with Gasteiger partial charge in [-0.2, -0.15) is 11.8 Å². The van der Waals surface area contributed by atoms with Gasteiger partial charge in [-0.05, 0) is 30.8 Å². The molecule has 0 aliphatic heterocycles. The van der Waals surface area contributed by atoms with Gasteiger partial charge in [0.15, 0.2) is 0 Å². The highest BCUT2D eigenvalue weighted by molar-refractivity contribution is 7.98. The molecule has 0 saturated carbocycles. The first kappa shape index (κ1) is 29.9. The van der Waals surface area contributed by atoms with Gasteiger partial charge in [0.05, 0.1) is 18.8 Å². The van der Waals surface area contributed by atoms with Crippen molar-refractivity contribution in [3.8, 4) is 0 Å². The van der Waals surface area contributed by atoms with Crippen molar-refractivity contribution < 1.29 is 29.1 Å². The number of carbonyl (C=O) groups excluding carboxylic acids is 4. The largest absolute Gasteiger partial charge is 0.480 e. The van der Waals surface area contributed by atoms with E-state index in [1.54, 1.807) is 0 Å². The van der Waals surface area contributed by atoms with Crippen molar-refractivity contribution >= 4 is 41.4 Å². The molecule has 35 heavy (non-hydrogen) atoms. The Morgan fingerprint density at radius 1 is 1.06 bits per heavy atom. The summed E-state index contributed by atoms with van der Waals surface area (Å²) in [4.78, 5) is 68.0. The highest BCUT2D eigenvalue weighted by Crippen LogP contribution is 2.08. The minimum Gasteiger partial charge on any atom is -0.480 e. The van der Waals surface area contributed by atoms with E-state index < -0.39 is 60.2 Å². The van der Waals surface area contributed by atoms with Gasteiger partial charge in [-0.25, -0.2) is 9.78 Å². The van der Waals surface area contributed by atoms with E-state index in [2.05, 4.69) is 25.9 Å². The molecule has 0 radical (unpaired) electrons. The second-order valence-electron chi connectivity index (χ2n) is 8.49. The average molecular weight is 514 g/mol. The number of aromatic nitrogens is 2. The number of H-pyrrole nitrogens is 1. The zero-order valence-electron chi connectivity index (χ0n) is 20.1. The van der Waals surface area contributed by atoms with Crippen molar-refractivity contribution in [3.63, 3.8) is 0 Å². The minimum atomic E-state index is -1.37. The van der Waals surface area contributed by atoms with Crippen LogP contribution in [0.25, 0.3) is 0 Å². The van der Waals surface area contributed by atoms with Crippen molar-refractivity contribution in [1.29, 1.82) is 0 Å². The van der Waals surface area contributed by atoms with Crippen LogP contribution in [0.3, 0.4) is 0 Å². The zero-order chi connectivity index (χ0) is 26.5. The predicted octanol–water partition coefficient (Wildman–Crippen LogP) is -1.51. The Bertz CT molecular complexity index is 864. The van der Waals surface area contributed by atoms with E-state index in [9.17, 15) is 29.1 Å². The number of aromatic amines is 1. The third-order valence-electron chi connectivity index (χ3n) is 4.94. The molecule has 196 valence electrons. The Morgan fingerprint density at radius 2 is 1.66 bits per heavy atom. The number of rotatable bonds is 16. The molecule has 0 fully saturated rings. The summed E-state index contributed by atoms with van der Waals surface area (Å²) in [5, 5.41) is 16.8. The summed E-state index contributed by atoms with van der Waals surface area (Å²) in [5.74, 6) is -3.75. The second-order valence-corrected chi connectivity index (χ2v) is 9.48. The predicted molar refractivity (Wildman–Crippen MR) is 130 cm³/mol. The van der Waals surface area contributed by atoms with Gasteiger partial charge in [-0.15, -0.1) is 0 Å². The van der Waals surface area contributed by atoms with E-state index in [1.807, 2.05) is 20.1 Å². The van der Waals surface area contributed by atoms with Crippen LogP contribution in [0.2, 0.25) is 0 Å². The van der Waals surface area contributed by atoms with E-state index in [-0.39, 0.29) is 25.2 Å². The Morgan fingerprint density at radius 3 is 2.17 bits per heavy atom. The quantitative estimate of drug-likeness (QED) is 0.136. The summed E-state index contributed by atoms with van der Waals surface area (Å²) in [5.41, 5.74) is 11.7. The number of carboxylic acid groups (broad SMARTS) is 1. The number of imidazole rings is 1. The number of carboxylic acids is 1. The van der Waals surface area contributed by atoms with E-state index in [4.69, 9.17) is 11.5 Å². The fraction of sp³-hybridized carbons (Fsp3) is 0.619. The summed E-state index contributed by atoms with van der Waals surface area (Å²) >= 11 is 1.44. The number of nitrogens with zero attached hydrogens (tertiary/aromatic N) is 1. The smallest absolute Gasteiger partial charge is 0.326 e. The Labute approximate surface area is 207 Å². The van der Waals surface area contributed by atoms with Crippen molar-refractivity contribution in [2.45, 2.75) is 63.7 Å². The molecule has 0 spiro atoms. The molecule has 0 saturated heterocycles. The molecule has 13 nitrogen and oxygen atoms in total. The molecule has 0 bridgehead atoms. The summed E-state index contributed by atoms with van der Waals surface area (Å²) in [7, 11) is 0. The van der Waals surface area contributed by atoms with Crippen LogP contribution >= 0.6 is 11.8 Å². The maximum atomic E-state index is 13.0. The average Bonchev–Trinajstić information content (AvgIpc) is 3.27. The lowest BCUT2D eigenvalue weighted by Gasteiger charge is -2.25. The molecule has 0 aliphatic carbocycles. The van der Waals surface area contributed by atoms with E-state index >= 15 is 0 Å². The molecule has 0 aromatic carbocycles. The number of carbonyl (C=O) groups is 5. The Balaban J connectivity index is 2.93. The number of hydrogen-bond acceptors (Lipinski definition) is 8. The number of nitrogens with two attached hydrogens (primary N) is 2. The van der Waals surface area contributed by atoms with Gasteiger partial charge in [0.2, 0.25) is 23.6 Å². The molecule has 0 aliphatic rings. The van der Waals surface area contributed by atoms with E-state index in [0.717, 1.165) is 0 Å². The number of nitrogens with one attached hydrogen (secondary N) is 4. The first-order chi connectivity index (χ1) is 16.4. The van der Waals surface area contributed by atoms with Crippen molar-refractivity contribution in [2.75, 3.05) is 12.0 Å². The number of aliphatic carboxylic acids is 1. The first-order valence-corrected chi connectivity index (χ1v) is 12.5. The van der Waals surface area contributed by atoms with Crippen molar-refractivity contribution in [2.24, 2.45) is 17.4 Å². The molecular formula is C21H35N7O6S. The van der Waals surface area contributed by atoms with Gasteiger partial charge in [0, 0.05) is 18.3 Å². The third-order valence-corrected chi connectivity index (χ3v) is 5.58. The fourth-order valence-corrected chi connectivity index (χ4v) is 3.63. The molecule has 1 aromatic heterocycles. The number of thioether (sulfide) groups is 1. The molecule has 4 atom stereocenters. The molecule has 1 heterocycles. The Hall–Kier alpha value is -3.13. The van der Waals surface area contributed by atoms with E-state index in [1.165, 1.54) is 24.3 Å². The van der Waals surface area contributed by atoms with Gasteiger partial charge >= 0.3 is 5.97 Å². The van der Waals surface area contributed by atoms with Crippen molar-refractivity contribution in [3.05, 3.63) is 18.2 Å². The van der Waals surface area contributed by atoms with Crippen LogP contribution in [0.1, 0.15) is 38.8 Å². The summed E-state index contributed by atoms with van der Waals surface area (Å²) in [6.07, 6.45) is 4.75. The van der Waals surface area contributed by atoms with Crippen LogP contribution in [0.5, 0.6) is 0 Å². The molecule has 4 unspecified atom stereocenters. The lowest BCUT2D eigenvalue weighted by atomic mass is 10.0. The number of hydrogen-bond donors (Lipinski definition) is 7. The van der Waals surface area contributed by atoms with Gasteiger partial charge in [-0.3, -0.25) is 19.2 Å². The molecule has 1 rings (SSSR count). The molecule has 14 heteroatoms. The Kier molecular flexibility index (Phi) is 12.8. The van der Waals surface area contributed by atoms with Crippen LogP contribution in [0, 0.1) is 5.92 Å². The number of primary amides is 1. The van der Waals surface area contributed by atoms with Gasteiger partial charge in [-0.1, -0.05) is 13.8 Å². The van der Waals surface area contributed by atoms with Gasteiger partial charge in [0.1, 0.15) is 18.1 Å². The molecule has 9 N–H and O–H groups in total. The van der Waals surface area contributed by atoms with E-state index in [0.29, 0.717) is 11.4 Å². The standard InChI is InChI=1S/C21H35N7O6S/c1-11(2)6-15(19(31)26-14(21(33)34)4-5-35-3)28-20(32)16(8-17(23)29)27-18(30)13(22)7-12-9-24-10-25-12/h9-11,13-16H,4-8,22H2,1-3H3,(H2,23,29)(H,24,25)(H,26,31)(H,27,30)(H,28,32)(H,33,34). The normalized spacial score (nSPS) is 14.4. The van der Waals surface area contributed by atoms with Crippen LogP contribution in [0.15, 0.2) is 12.5 Å². The second kappa shape index (κ2) is 15.0. The monoisotopic (exact) mass is 513 g/mol. The summed E-state index contributed by atoms with van der Waals surface area (Å²) in [6, 6.07) is -4.63. The third kappa shape index (κ3) is 11.2. The van der Waals surface area contributed by atoms with Crippen LogP contribution < -0.4 is 27.4 Å². The van der Waals surface area contributed by atoms with Gasteiger partial charge in [0.25, 0.3) is 0 Å². The maximum absolute atomic E-state index is 13.0. The number of amides is 4. The van der Waals surface area contributed by atoms with Crippen molar-refractivity contribution in [1.82, 2.24) is 25.9 Å². The SMILES string of the molecule is CSCCC(NC(=O)C(CC(C)C)NC(=O)C(CC(N)=O)NC(=O)C(N)Cc1cnc[nH]1)C(=O)O. The lowest BCUT2D eigenvalue weighted by Crippen LogP contribution is -2.58. The van der Waals surface area contributed by atoms with Crippen LogP contribution in [-0.4, -0.2) is 80.8 Å². The lowest BCUT2D eigenvalue weighted by molar-refractivity contribution is -0.142. The first-order valence-electron chi connectivity index (χ1n) is 11.1. The minimum absolute atomic E-state index is 0.0347. The van der Waals surface area contributed by atoms with Crippen LogP contribution in [-0.2, 0) is 30.4 Å². The molecular weight excluding hydrogens is 478 g/mol. The highest BCUT2D eigenvalue weighted by atomic mass is 32.2. The maximum Gasteiger partial charge on any atom is 0.326 e. The highest BCUT2D eigenvalue weighted by Gasteiger charge is 2.31. The van der Waals surface area contributed by atoms with Gasteiger partial charge < -0.3 is 37.5 Å². The zero-order valence-corrected chi connectivity index (χ0v) is 20.9. The topological polar surface area (TPSA) is 222 Å². The summed E-state index contributed by atoms with van der Waals surface area (Å²) < 4.78 is 0. The molecule has 4 amide bonds.